The highest BCUT2D eigenvalue weighted by molar-refractivity contribution is 5.84. The van der Waals surface area contributed by atoms with Gasteiger partial charge in [-0.2, -0.15) is 89.5 Å². The molecule has 0 bridgehead atoms. The second-order valence-corrected chi connectivity index (χ2v) is 9.51. The molecule has 0 saturated heterocycles. The van der Waals surface area contributed by atoms with Crippen molar-refractivity contribution in [2.45, 2.75) is 24.7 Å². The minimum absolute atomic E-state index is 0.0690. The molecule has 248 valence electrons. The fourth-order valence-corrected chi connectivity index (χ4v) is 4.71. The van der Waals surface area contributed by atoms with Gasteiger partial charge in [0.1, 0.15) is 36.4 Å². The van der Waals surface area contributed by atoms with Gasteiger partial charge in [0.25, 0.3) is 0 Å². The van der Waals surface area contributed by atoms with Crippen LogP contribution in [0.4, 0.5) is 52.7 Å². The first-order valence-corrected chi connectivity index (χ1v) is 12.5. The highest BCUT2D eigenvalue weighted by atomic mass is 19.4. The normalized spacial score (nSPS) is 12.9. The van der Waals surface area contributed by atoms with Crippen molar-refractivity contribution in [3.05, 3.63) is 102 Å². The van der Waals surface area contributed by atoms with Crippen molar-refractivity contribution in [2.75, 3.05) is 0 Å². The van der Waals surface area contributed by atoms with E-state index in [9.17, 15) is 79.0 Å². The van der Waals surface area contributed by atoms with E-state index in [0.29, 0.717) is 6.07 Å². The maximum absolute atomic E-state index is 13.8. The number of hydrogen-bond acceptors (Lipinski definition) is 7. The monoisotopic (exact) mass is 703 g/mol. The number of nitriles is 7. The average Bonchev–Trinajstić information content (AvgIpc) is 3.02. The lowest BCUT2D eigenvalue weighted by Gasteiger charge is -2.17. The summed E-state index contributed by atoms with van der Waals surface area (Å²) in [6.45, 7) is 0. The predicted octanol–water partition coefficient (Wildman–Crippen LogP) is 6.57. The molecular formula is C31H5F12N7. The first kappa shape index (κ1) is 37.4. The average molecular weight is 703 g/mol. The largest absolute Gasteiger partial charge is 0.417 e. The van der Waals surface area contributed by atoms with Gasteiger partial charge >= 0.3 is 24.7 Å². The Bertz CT molecular complexity index is 2330. The van der Waals surface area contributed by atoms with Crippen LogP contribution in [-0.4, -0.2) is 0 Å². The molecule has 0 atom stereocenters. The predicted molar refractivity (Wildman–Crippen MR) is 138 cm³/mol. The van der Waals surface area contributed by atoms with Gasteiger partial charge in [0, 0.05) is 10.4 Å². The Morgan fingerprint density at radius 2 is 0.720 bits per heavy atom. The summed E-state index contributed by atoms with van der Waals surface area (Å²) in [5.74, 6) is 0. The maximum Gasteiger partial charge on any atom is 0.417 e. The lowest BCUT2D eigenvalue weighted by molar-refractivity contribution is -0.145. The second kappa shape index (κ2) is 12.9. The zero-order chi connectivity index (χ0) is 38.1. The van der Waals surface area contributed by atoms with Crippen LogP contribution >= 0.6 is 0 Å². The van der Waals surface area contributed by atoms with E-state index in [1.807, 2.05) is 0 Å². The van der Waals surface area contributed by atoms with Crippen LogP contribution in [0.15, 0.2) is 30.3 Å². The highest BCUT2D eigenvalue weighted by Crippen LogP contribution is 2.42. The molecule has 19 heteroatoms. The molecule has 0 N–H and O–H groups in total. The summed E-state index contributed by atoms with van der Waals surface area (Å²) in [5, 5.41) is 65.6. The van der Waals surface area contributed by atoms with Crippen LogP contribution in [0.25, 0.3) is 11.1 Å². The molecule has 0 radical (unpaired) electrons. The molecule has 50 heavy (non-hydrogen) atoms. The van der Waals surface area contributed by atoms with E-state index in [-0.39, 0.29) is 24.3 Å². The number of nitrogens with zero attached hydrogens (tertiary/aromatic N) is 7. The zero-order valence-electron chi connectivity index (χ0n) is 23.6. The molecule has 0 spiro atoms. The first-order chi connectivity index (χ1) is 23.0. The molecule has 0 aliphatic heterocycles. The Morgan fingerprint density at radius 3 is 0.980 bits per heavy atom. The van der Waals surface area contributed by atoms with Gasteiger partial charge < -0.3 is 0 Å². The third kappa shape index (κ3) is 6.69. The van der Waals surface area contributed by atoms with Gasteiger partial charge in [-0.3, -0.25) is 0 Å². The molecule has 0 amide bonds. The Labute approximate surface area is 270 Å². The molecule has 0 saturated carbocycles. The molecule has 0 aliphatic carbocycles. The summed E-state index contributed by atoms with van der Waals surface area (Å²) in [6.07, 6.45) is -22.6. The SMILES string of the molecule is N#C/C(c1cc(C(F)(F)F)c(C#N)c(C(F)(F)F)c1)=c1/cc(C#N)/c(=C(/C#N)c2cc(C(F)(F)F)c(C#N)c(C(F)(F)F)c2)c(C#N)c1C#N. The van der Waals surface area contributed by atoms with E-state index >= 15 is 0 Å². The Balaban J connectivity index is 2.78. The van der Waals surface area contributed by atoms with E-state index < -0.39 is 107 Å². The molecule has 3 rings (SSSR count). The quantitative estimate of drug-likeness (QED) is 0.272. The first-order valence-electron chi connectivity index (χ1n) is 12.5. The van der Waals surface area contributed by atoms with E-state index in [1.54, 1.807) is 0 Å². The lowest BCUT2D eigenvalue weighted by Crippen LogP contribution is -2.27. The van der Waals surface area contributed by atoms with Gasteiger partial charge in [0.2, 0.25) is 0 Å². The molecule has 0 heterocycles. The maximum atomic E-state index is 13.8. The van der Waals surface area contributed by atoms with Gasteiger partial charge in [-0.15, -0.1) is 0 Å². The minimum Gasteiger partial charge on any atom is -0.192 e. The number of alkyl halides is 12. The van der Waals surface area contributed by atoms with E-state index in [4.69, 9.17) is 10.5 Å². The van der Waals surface area contributed by atoms with Gasteiger partial charge in [-0.1, -0.05) is 0 Å². The van der Waals surface area contributed by atoms with E-state index in [1.165, 1.54) is 30.3 Å². The van der Waals surface area contributed by atoms with Crippen LogP contribution < -0.4 is 10.4 Å². The van der Waals surface area contributed by atoms with Crippen molar-refractivity contribution in [1.82, 2.24) is 0 Å². The van der Waals surface area contributed by atoms with Crippen molar-refractivity contribution >= 4 is 11.1 Å². The van der Waals surface area contributed by atoms with Crippen LogP contribution in [0.3, 0.4) is 0 Å². The fourth-order valence-electron chi connectivity index (χ4n) is 4.71. The van der Waals surface area contributed by atoms with Crippen LogP contribution in [0.5, 0.6) is 0 Å². The smallest absolute Gasteiger partial charge is 0.192 e. The van der Waals surface area contributed by atoms with Gasteiger partial charge in [0.15, 0.2) is 0 Å². The number of benzene rings is 3. The highest BCUT2D eigenvalue weighted by Gasteiger charge is 2.43. The topological polar surface area (TPSA) is 167 Å². The van der Waals surface area contributed by atoms with Crippen LogP contribution in [-0.2, 0) is 24.7 Å². The Morgan fingerprint density at radius 1 is 0.400 bits per heavy atom. The van der Waals surface area contributed by atoms with Crippen LogP contribution in [0.1, 0.15) is 61.2 Å². The summed E-state index contributed by atoms with van der Waals surface area (Å²) in [6, 6.07) is 7.98. The van der Waals surface area contributed by atoms with Gasteiger partial charge in [-0.05, 0) is 41.5 Å². The Hall–Kier alpha value is -7.01. The van der Waals surface area contributed by atoms with Gasteiger partial charge in [0.05, 0.1) is 67.3 Å². The number of rotatable bonds is 2. The van der Waals surface area contributed by atoms with Crippen molar-refractivity contribution < 1.29 is 52.7 Å². The number of hydrogen-bond donors (Lipinski definition) is 0. The third-order valence-corrected chi connectivity index (χ3v) is 6.71. The molecule has 7 nitrogen and oxygen atoms in total. The van der Waals surface area contributed by atoms with E-state index in [0.717, 1.165) is 12.1 Å². The van der Waals surface area contributed by atoms with Crippen molar-refractivity contribution in [3.8, 4) is 42.5 Å². The summed E-state index contributed by atoms with van der Waals surface area (Å²) < 4.78 is 166. The second-order valence-electron chi connectivity index (χ2n) is 9.51. The lowest BCUT2D eigenvalue weighted by atomic mass is 9.88. The van der Waals surface area contributed by atoms with Crippen molar-refractivity contribution in [1.29, 1.82) is 36.8 Å². The third-order valence-electron chi connectivity index (χ3n) is 6.71. The fraction of sp³-hybridized carbons (Fsp3) is 0.129. The minimum atomic E-state index is -5.65. The molecule has 0 aliphatic rings. The summed E-state index contributed by atoms with van der Waals surface area (Å²) >= 11 is 0. The van der Waals surface area contributed by atoms with Gasteiger partial charge in [-0.25, -0.2) is 0 Å². The summed E-state index contributed by atoms with van der Waals surface area (Å²) in [7, 11) is 0. The molecule has 0 fully saturated rings. The summed E-state index contributed by atoms with van der Waals surface area (Å²) in [4.78, 5) is 0. The molecular weight excluding hydrogens is 698 g/mol. The number of halogens is 12. The Kier molecular flexibility index (Phi) is 9.65. The molecule has 3 aromatic rings. The van der Waals surface area contributed by atoms with Crippen molar-refractivity contribution in [3.63, 3.8) is 0 Å². The standard InChI is InChI=1S/C31H5F12N7/c32-28(33,34)23-2-13(3-24(21(23)11-49)29(35,36)37)17(7-45)16-1-15(6-44)27(20(10-48)19(16)9-47)18(8-46)14-4-25(30(38,39)40)22(12-50)26(5-14)31(41,42)43/h1-5H/b17-16+,27-18+. The molecule has 0 aromatic heterocycles. The van der Waals surface area contributed by atoms with Crippen LogP contribution in [0, 0.1) is 79.3 Å². The zero-order valence-corrected chi connectivity index (χ0v) is 23.6. The summed E-state index contributed by atoms with van der Waals surface area (Å²) in [5.41, 5.74) is -21.1. The van der Waals surface area contributed by atoms with E-state index in [2.05, 4.69) is 0 Å². The van der Waals surface area contributed by atoms with Crippen molar-refractivity contribution in [2.24, 2.45) is 0 Å². The molecule has 0 unspecified atom stereocenters. The van der Waals surface area contributed by atoms with Crippen LogP contribution in [0.2, 0.25) is 0 Å². The molecule has 3 aromatic carbocycles.